The van der Waals surface area contributed by atoms with Crippen LogP contribution in [0, 0.1) is 0 Å². The average Bonchev–Trinajstić information content (AvgIpc) is 2.29. The zero-order chi connectivity index (χ0) is 12.0. The van der Waals surface area contributed by atoms with Gasteiger partial charge in [0.2, 0.25) is 0 Å². The summed E-state index contributed by atoms with van der Waals surface area (Å²) in [6, 6.07) is 3.99. The van der Waals surface area contributed by atoms with Crippen molar-refractivity contribution in [2.24, 2.45) is 0 Å². The molecule has 1 rings (SSSR count). The highest BCUT2D eigenvalue weighted by Gasteiger charge is 2.06. The molecule has 0 aromatic carbocycles. The molecule has 88 valence electrons. The van der Waals surface area contributed by atoms with Gasteiger partial charge in [0.15, 0.2) is 16.7 Å². The number of methoxy groups -OCH3 is 1. The van der Waals surface area contributed by atoms with Crippen LogP contribution >= 0.6 is 12.2 Å². The Morgan fingerprint density at radius 2 is 2.38 bits per heavy atom. The first kappa shape index (κ1) is 12.7. The summed E-state index contributed by atoms with van der Waals surface area (Å²) >= 11 is 5.17. The highest BCUT2D eigenvalue weighted by atomic mass is 32.1. The van der Waals surface area contributed by atoms with Crippen LogP contribution in [-0.4, -0.2) is 23.2 Å². The van der Waals surface area contributed by atoms with Gasteiger partial charge in [-0.15, -0.1) is 0 Å². The summed E-state index contributed by atoms with van der Waals surface area (Å²) in [6.45, 7) is 4.17. The maximum atomic E-state index is 5.17. The molecule has 1 heterocycles. The number of rotatable bonds is 4. The minimum atomic E-state index is 0.342. The van der Waals surface area contributed by atoms with Gasteiger partial charge in [-0.3, -0.25) is 0 Å². The van der Waals surface area contributed by atoms with E-state index in [1.165, 1.54) is 0 Å². The van der Waals surface area contributed by atoms with Crippen molar-refractivity contribution in [3.05, 3.63) is 18.3 Å². The van der Waals surface area contributed by atoms with Crippen molar-refractivity contribution in [1.82, 2.24) is 10.3 Å². The Labute approximate surface area is 101 Å². The highest BCUT2D eigenvalue weighted by Crippen LogP contribution is 2.19. The lowest BCUT2D eigenvalue weighted by Crippen LogP contribution is -2.35. The van der Waals surface area contributed by atoms with Crippen LogP contribution in [0.25, 0.3) is 0 Å². The molecule has 0 saturated carbocycles. The molecule has 1 atom stereocenters. The van der Waals surface area contributed by atoms with Crippen molar-refractivity contribution >= 4 is 23.1 Å². The summed E-state index contributed by atoms with van der Waals surface area (Å²) in [5.41, 5.74) is 0. The molecule has 0 saturated heterocycles. The summed E-state index contributed by atoms with van der Waals surface area (Å²) in [7, 11) is 1.60. The Morgan fingerprint density at radius 1 is 1.62 bits per heavy atom. The number of nitrogens with one attached hydrogen (secondary N) is 2. The summed E-state index contributed by atoms with van der Waals surface area (Å²) in [5.74, 6) is 1.31. The minimum Gasteiger partial charge on any atom is -0.493 e. The lowest BCUT2D eigenvalue weighted by Gasteiger charge is -2.15. The minimum absolute atomic E-state index is 0.342. The van der Waals surface area contributed by atoms with Crippen molar-refractivity contribution < 1.29 is 4.74 Å². The second-order valence-electron chi connectivity index (χ2n) is 3.46. The molecule has 0 fully saturated rings. The number of nitrogens with zero attached hydrogens (tertiary/aromatic N) is 1. The smallest absolute Gasteiger partial charge is 0.174 e. The summed E-state index contributed by atoms with van der Waals surface area (Å²) in [6.07, 6.45) is 2.71. The van der Waals surface area contributed by atoms with Gasteiger partial charge in [0, 0.05) is 12.2 Å². The fourth-order valence-corrected chi connectivity index (χ4v) is 1.42. The van der Waals surface area contributed by atoms with E-state index in [1.807, 2.05) is 12.1 Å². The fraction of sp³-hybridized carbons (Fsp3) is 0.455. The summed E-state index contributed by atoms with van der Waals surface area (Å²) in [4.78, 5) is 4.16. The third kappa shape index (κ3) is 3.66. The predicted octanol–water partition coefficient (Wildman–Crippen LogP) is 2.18. The third-order valence-corrected chi connectivity index (χ3v) is 2.43. The van der Waals surface area contributed by atoms with Gasteiger partial charge in [-0.2, -0.15) is 0 Å². The molecule has 2 N–H and O–H groups in total. The van der Waals surface area contributed by atoms with Gasteiger partial charge < -0.3 is 15.4 Å². The Kier molecular flexibility index (Phi) is 4.98. The van der Waals surface area contributed by atoms with Gasteiger partial charge in [0.25, 0.3) is 0 Å². The summed E-state index contributed by atoms with van der Waals surface area (Å²) < 4.78 is 5.17. The van der Waals surface area contributed by atoms with E-state index in [0.717, 1.165) is 6.42 Å². The van der Waals surface area contributed by atoms with Crippen LogP contribution in [0.5, 0.6) is 5.75 Å². The van der Waals surface area contributed by atoms with Crippen LogP contribution in [0.3, 0.4) is 0 Å². The zero-order valence-electron chi connectivity index (χ0n) is 9.78. The first-order valence-corrected chi connectivity index (χ1v) is 5.64. The van der Waals surface area contributed by atoms with E-state index in [2.05, 4.69) is 29.5 Å². The topological polar surface area (TPSA) is 46.2 Å². The number of hydrogen-bond acceptors (Lipinski definition) is 3. The Bertz CT molecular complexity index is 357. The van der Waals surface area contributed by atoms with Crippen LogP contribution in [0.1, 0.15) is 20.3 Å². The molecule has 0 unspecified atom stereocenters. The molecule has 1 aromatic rings. The quantitative estimate of drug-likeness (QED) is 0.789. The van der Waals surface area contributed by atoms with Crippen LogP contribution < -0.4 is 15.4 Å². The first-order valence-electron chi connectivity index (χ1n) is 5.24. The van der Waals surface area contributed by atoms with Crippen molar-refractivity contribution in [2.45, 2.75) is 26.3 Å². The molecule has 0 aliphatic heterocycles. The third-order valence-electron chi connectivity index (χ3n) is 2.21. The lowest BCUT2D eigenvalue weighted by molar-refractivity contribution is 0.415. The van der Waals surface area contributed by atoms with E-state index in [9.17, 15) is 0 Å². The van der Waals surface area contributed by atoms with E-state index < -0.39 is 0 Å². The molecule has 1 aromatic heterocycles. The molecule has 0 radical (unpaired) electrons. The molecule has 0 aliphatic rings. The number of hydrogen-bond donors (Lipinski definition) is 2. The molecule has 0 bridgehead atoms. The largest absolute Gasteiger partial charge is 0.493 e. The number of anilines is 1. The normalized spacial score (nSPS) is 11.7. The Hall–Kier alpha value is -1.36. The lowest BCUT2D eigenvalue weighted by atomic mass is 10.3. The number of thiocarbonyl (C=S) groups is 1. The zero-order valence-corrected chi connectivity index (χ0v) is 10.6. The van der Waals surface area contributed by atoms with Crippen molar-refractivity contribution in [2.75, 3.05) is 12.4 Å². The molecule has 0 spiro atoms. The molecular weight excluding hydrogens is 222 g/mol. The van der Waals surface area contributed by atoms with Gasteiger partial charge in [-0.25, -0.2) is 4.98 Å². The molecule has 0 amide bonds. The second kappa shape index (κ2) is 6.27. The van der Waals surface area contributed by atoms with E-state index in [0.29, 0.717) is 22.7 Å². The van der Waals surface area contributed by atoms with Crippen LogP contribution in [0.15, 0.2) is 18.3 Å². The van der Waals surface area contributed by atoms with Crippen LogP contribution in [0.4, 0.5) is 5.82 Å². The first-order chi connectivity index (χ1) is 7.67. The van der Waals surface area contributed by atoms with Gasteiger partial charge in [0.1, 0.15) is 0 Å². The molecule has 5 heteroatoms. The number of ether oxygens (including phenoxy) is 1. The van der Waals surface area contributed by atoms with E-state index in [-0.39, 0.29) is 0 Å². The van der Waals surface area contributed by atoms with Crippen LogP contribution in [0.2, 0.25) is 0 Å². The van der Waals surface area contributed by atoms with Crippen LogP contribution in [-0.2, 0) is 0 Å². The molecule has 0 aliphatic carbocycles. The summed E-state index contributed by atoms with van der Waals surface area (Å²) in [5, 5.41) is 6.73. The van der Waals surface area contributed by atoms with E-state index in [1.54, 1.807) is 13.3 Å². The molecule has 4 nitrogen and oxygen atoms in total. The van der Waals surface area contributed by atoms with E-state index in [4.69, 9.17) is 17.0 Å². The predicted molar refractivity (Wildman–Crippen MR) is 69.9 cm³/mol. The average molecular weight is 239 g/mol. The number of pyridine rings is 1. The van der Waals surface area contributed by atoms with Gasteiger partial charge in [-0.05, 0) is 37.7 Å². The maximum Gasteiger partial charge on any atom is 0.174 e. The molecule has 16 heavy (non-hydrogen) atoms. The Morgan fingerprint density at radius 3 is 3.00 bits per heavy atom. The SMILES string of the molecule is CC[C@H](C)NC(=S)Nc1ncccc1OC. The maximum absolute atomic E-state index is 5.17. The second-order valence-corrected chi connectivity index (χ2v) is 3.87. The van der Waals surface area contributed by atoms with Crippen molar-refractivity contribution in [1.29, 1.82) is 0 Å². The number of aromatic nitrogens is 1. The standard InChI is InChI=1S/C11H17N3OS/c1-4-8(2)13-11(16)14-10-9(15-3)6-5-7-12-10/h5-8H,4H2,1-3H3,(H2,12,13,14,16)/t8-/m0/s1. The van der Waals surface area contributed by atoms with Gasteiger partial charge in [0.05, 0.1) is 7.11 Å². The van der Waals surface area contributed by atoms with Gasteiger partial charge in [-0.1, -0.05) is 6.92 Å². The Balaban J connectivity index is 2.62. The fourth-order valence-electron chi connectivity index (χ4n) is 1.12. The molecular formula is C11H17N3OS. The van der Waals surface area contributed by atoms with Crippen molar-refractivity contribution in [3.63, 3.8) is 0 Å². The van der Waals surface area contributed by atoms with Gasteiger partial charge >= 0.3 is 0 Å². The monoisotopic (exact) mass is 239 g/mol. The van der Waals surface area contributed by atoms with Crippen molar-refractivity contribution in [3.8, 4) is 5.75 Å². The highest BCUT2D eigenvalue weighted by molar-refractivity contribution is 7.80. The van der Waals surface area contributed by atoms with E-state index >= 15 is 0 Å².